The summed E-state index contributed by atoms with van der Waals surface area (Å²) >= 11 is 1.77. The van der Waals surface area contributed by atoms with Gasteiger partial charge in [0.1, 0.15) is 11.6 Å². The molecule has 3 aliphatic rings. The Labute approximate surface area is 189 Å². The van der Waals surface area contributed by atoms with Crippen LogP contribution in [-0.2, 0) is 9.53 Å². The van der Waals surface area contributed by atoms with Gasteiger partial charge in [-0.1, -0.05) is 36.4 Å². The summed E-state index contributed by atoms with van der Waals surface area (Å²) in [4.78, 5) is 32.2. The monoisotopic (exact) mass is 443 g/mol. The number of benzene rings is 1. The number of rotatable bonds is 3. The van der Waals surface area contributed by atoms with Crippen molar-refractivity contribution in [2.24, 2.45) is 0 Å². The molecule has 2 amide bonds. The molecule has 2 saturated heterocycles. The van der Waals surface area contributed by atoms with Gasteiger partial charge >= 0.3 is 6.09 Å². The Bertz CT molecular complexity index is 830. The van der Waals surface area contributed by atoms with Crippen LogP contribution in [0.4, 0.5) is 4.79 Å². The van der Waals surface area contributed by atoms with Crippen molar-refractivity contribution < 1.29 is 14.3 Å². The molecule has 0 aromatic heterocycles. The first kappa shape index (κ1) is 22.2. The zero-order chi connectivity index (χ0) is 22.0. The molecule has 7 heteroatoms. The van der Waals surface area contributed by atoms with E-state index in [4.69, 9.17) is 4.74 Å². The van der Waals surface area contributed by atoms with E-state index in [1.165, 1.54) is 11.1 Å². The lowest BCUT2D eigenvalue weighted by molar-refractivity contribution is -0.134. The molecule has 6 nitrogen and oxygen atoms in total. The fourth-order valence-corrected chi connectivity index (χ4v) is 5.52. The highest BCUT2D eigenvalue weighted by molar-refractivity contribution is 7.99. The maximum Gasteiger partial charge on any atom is 0.411 e. The minimum Gasteiger partial charge on any atom is -0.444 e. The minimum atomic E-state index is -0.579. The summed E-state index contributed by atoms with van der Waals surface area (Å²) in [6.45, 7) is 8.69. The van der Waals surface area contributed by atoms with Gasteiger partial charge in [0.25, 0.3) is 0 Å². The molecule has 3 aliphatic heterocycles. The lowest BCUT2D eigenvalue weighted by atomic mass is 9.98. The molecule has 31 heavy (non-hydrogen) atoms. The summed E-state index contributed by atoms with van der Waals surface area (Å²) < 4.78 is 5.66. The smallest absolute Gasteiger partial charge is 0.411 e. The van der Waals surface area contributed by atoms with Crippen molar-refractivity contribution in [1.82, 2.24) is 14.7 Å². The fraction of sp³-hybridized carbons (Fsp3) is 0.583. The number of hydrogen-bond donors (Lipinski definition) is 0. The second kappa shape index (κ2) is 9.25. The number of likely N-dealkylation sites (tertiary alicyclic amines) is 1. The third kappa shape index (κ3) is 5.26. The second-order valence-electron chi connectivity index (χ2n) is 9.52. The largest absolute Gasteiger partial charge is 0.444 e. The van der Waals surface area contributed by atoms with Crippen molar-refractivity contribution in [2.45, 2.75) is 51.3 Å². The quantitative estimate of drug-likeness (QED) is 0.713. The van der Waals surface area contributed by atoms with Crippen molar-refractivity contribution in [3.05, 3.63) is 42.0 Å². The first-order valence-electron chi connectivity index (χ1n) is 11.2. The van der Waals surface area contributed by atoms with Crippen molar-refractivity contribution in [1.29, 1.82) is 0 Å². The Hall–Kier alpha value is -1.99. The van der Waals surface area contributed by atoms with Crippen LogP contribution >= 0.6 is 11.8 Å². The topological polar surface area (TPSA) is 53.1 Å². The van der Waals surface area contributed by atoms with E-state index >= 15 is 0 Å². The average Bonchev–Trinajstić information content (AvgIpc) is 3.43. The van der Waals surface area contributed by atoms with Crippen molar-refractivity contribution >= 4 is 29.3 Å². The summed E-state index contributed by atoms with van der Waals surface area (Å²) in [7, 11) is 0. The molecule has 0 aliphatic carbocycles. The van der Waals surface area contributed by atoms with Crippen LogP contribution in [0.2, 0.25) is 0 Å². The van der Waals surface area contributed by atoms with Gasteiger partial charge in [-0.05, 0) is 44.7 Å². The summed E-state index contributed by atoms with van der Waals surface area (Å²) in [6.07, 6.45) is 3.57. The van der Waals surface area contributed by atoms with Crippen molar-refractivity contribution in [3.8, 4) is 0 Å². The van der Waals surface area contributed by atoms with Gasteiger partial charge in [0.05, 0.1) is 5.88 Å². The van der Waals surface area contributed by atoms with Crippen LogP contribution in [-0.4, -0.2) is 82.2 Å². The second-order valence-corrected chi connectivity index (χ2v) is 10.6. The number of carbonyl (C=O) groups is 2. The van der Waals surface area contributed by atoms with E-state index in [2.05, 4.69) is 35.2 Å². The van der Waals surface area contributed by atoms with Gasteiger partial charge < -0.3 is 9.64 Å². The predicted octanol–water partition coefficient (Wildman–Crippen LogP) is 3.69. The van der Waals surface area contributed by atoms with E-state index < -0.39 is 11.6 Å². The van der Waals surface area contributed by atoms with E-state index in [-0.39, 0.29) is 18.0 Å². The number of ether oxygens (including phenoxy) is 1. The average molecular weight is 444 g/mol. The molecule has 0 spiro atoms. The van der Waals surface area contributed by atoms with Crippen LogP contribution < -0.4 is 0 Å². The Kier molecular flexibility index (Phi) is 6.63. The van der Waals surface area contributed by atoms with Crippen LogP contribution in [0, 0.1) is 0 Å². The van der Waals surface area contributed by atoms with Gasteiger partial charge in [0.15, 0.2) is 0 Å². The standard InChI is InChI=1S/C24H33N3O3S/c1-24(2,3)30-23(29)27-16-20(15-21(27)22(28)26-13-14-31-17-26)25-11-9-19(10-12-25)18-7-5-4-6-8-18/h4-9,20-21H,10-17H2,1-3H3/t20-,21-/m0/s1. The van der Waals surface area contributed by atoms with Gasteiger partial charge in [-0.15, -0.1) is 11.8 Å². The molecule has 0 unspecified atom stereocenters. The number of thioether (sulfide) groups is 1. The first-order chi connectivity index (χ1) is 14.8. The SMILES string of the molecule is CC(C)(C)OC(=O)N1C[C@@H](N2CC=C(c3ccccc3)CC2)C[C@H]1C(=O)N1CCSC1. The molecular formula is C24H33N3O3S. The molecule has 0 bridgehead atoms. The molecule has 2 fully saturated rings. The molecule has 3 heterocycles. The third-order valence-corrected chi connectivity index (χ3v) is 7.12. The number of carbonyl (C=O) groups excluding carboxylic acids is 2. The van der Waals surface area contributed by atoms with E-state index in [9.17, 15) is 9.59 Å². The van der Waals surface area contributed by atoms with E-state index in [1.54, 1.807) is 16.7 Å². The molecule has 1 aromatic rings. The molecule has 0 N–H and O–H groups in total. The number of amides is 2. The van der Waals surface area contributed by atoms with Gasteiger partial charge in [0.2, 0.25) is 5.91 Å². The Morgan fingerprint density at radius 3 is 2.52 bits per heavy atom. The van der Waals surface area contributed by atoms with Crippen LogP contribution in [0.15, 0.2) is 36.4 Å². The van der Waals surface area contributed by atoms with Gasteiger partial charge in [-0.25, -0.2) is 4.79 Å². The highest BCUT2D eigenvalue weighted by atomic mass is 32.2. The van der Waals surface area contributed by atoms with Crippen LogP contribution in [0.3, 0.4) is 0 Å². The zero-order valence-corrected chi connectivity index (χ0v) is 19.6. The first-order valence-corrected chi connectivity index (χ1v) is 12.3. The van der Waals surface area contributed by atoms with Crippen LogP contribution in [0.25, 0.3) is 5.57 Å². The minimum absolute atomic E-state index is 0.0656. The third-order valence-electron chi connectivity index (χ3n) is 6.16. The maximum atomic E-state index is 13.2. The fourth-order valence-electron chi connectivity index (χ4n) is 4.56. The van der Waals surface area contributed by atoms with Crippen molar-refractivity contribution in [2.75, 3.05) is 37.8 Å². The molecule has 168 valence electrons. The Morgan fingerprint density at radius 1 is 1.13 bits per heavy atom. The molecule has 1 aromatic carbocycles. The molecule has 0 saturated carbocycles. The zero-order valence-electron chi connectivity index (χ0n) is 18.8. The highest BCUT2D eigenvalue weighted by Gasteiger charge is 2.45. The number of hydrogen-bond acceptors (Lipinski definition) is 5. The summed E-state index contributed by atoms with van der Waals surface area (Å²) in [5, 5.41) is 0. The predicted molar refractivity (Wildman–Crippen MR) is 125 cm³/mol. The Morgan fingerprint density at radius 2 is 1.90 bits per heavy atom. The molecule has 2 atom stereocenters. The van der Waals surface area contributed by atoms with Crippen molar-refractivity contribution in [3.63, 3.8) is 0 Å². The molecular weight excluding hydrogens is 410 g/mol. The summed E-state index contributed by atoms with van der Waals surface area (Å²) in [5.74, 6) is 1.75. The van der Waals surface area contributed by atoms with Crippen LogP contribution in [0.1, 0.15) is 39.2 Å². The van der Waals surface area contributed by atoms with E-state index in [1.807, 2.05) is 31.7 Å². The summed E-state index contributed by atoms with van der Waals surface area (Å²) in [6, 6.07) is 10.2. The molecule has 0 radical (unpaired) electrons. The number of nitrogens with zero attached hydrogens (tertiary/aromatic N) is 3. The molecule has 4 rings (SSSR count). The summed E-state index contributed by atoms with van der Waals surface area (Å²) in [5.41, 5.74) is 2.08. The normalized spacial score (nSPS) is 24.9. The van der Waals surface area contributed by atoms with E-state index in [0.717, 1.165) is 37.7 Å². The van der Waals surface area contributed by atoms with Gasteiger partial charge in [0, 0.05) is 38.0 Å². The van der Waals surface area contributed by atoms with Crippen LogP contribution in [0.5, 0.6) is 0 Å². The maximum absolute atomic E-state index is 13.2. The van der Waals surface area contributed by atoms with Gasteiger partial charge in [-0.2, -0.15) is 0 Å². The Balaban J connectivity index is 1.47. The highest BCUT2D eigenvalue weighted by Crippen LogP contribution is 2.30. The van der Waals surface area contributed by atoms with Gasteiger partial charge in [-0.3, -0.25) is 14.6 Å². The van der Waals surface area contributed by atoms with E-state index in [0.29, 0.717) is 13.0 Å². The lowest BCUT2D eigenvalue weighted by Crippen LogP contribution is -2.48. The lowest BCUT2D eigenvalue weighted by Gasteiger charge is -2.32.